The zero-order chi connectivity index (χ0) is 25.6. The topological polar surface area (TPSA) is 54.4 Å². The Bertz CT molecular complexity index is 1090. The third-order valence-corrected chi connectivity index (χ3v) is 5.35. The van der Waals surface area contributed by atoms with Crippen LogP contribution in [0.25, 0.3) is 11.3 Å². The number of aliphatic hydroxyl groups excluding tert-OH is 1. The number of nitrogens with one attached hydrogen (secondary N) is 1. The number of pyridine rings is 1. The lowest BCUT2D eigenvalue weighted by Gasteiger charge is -2.22. The molecule has 0 bridgehead atoms. The normalized spacial score (nSPS) is 14.1. The molecular formula is C25H24F6N2O2. The van der Waals surface area contributed by atoms with Crippen LogP contribution in [0.5, 0.6) is 0 Å². The predicted molar refractivity (Wildman–Crippen MR) is 118 cm³/mol. The Balaban J connectivity index is 1.80. The largest absolute Gasteiger partial charge is 0.433 e. The molecule has 0 aliphatic carbocycles. The first-order valence-electron chi connectivity index (χ1n) is 10.7. The van der Waals surface area contributed by atoms with Gasteiger partial charge in [-0.15, -0.1) is 0 Å². The molecule has 0 aliphatic heterocycles. The Kier molecular flexibility index (Phi) is 8.52. The number of aromatic nitrogens is 1. The van der Waals surface area contributed by atoms with Crippen molar-refractivity contribution in [3.63, 3.8) is 0 Å². The minimum absolute atomic E-state index is 0.0886. The highest BCUT2D eigenvalue weighted by Crippen LogP contribution is 2.36. The summed E-state index contributed by atoms with van der Waals surface area (Å²) >= 11 is 0. The standard InChI is InChI=1S/C25H24F6N2O2/c1-35-15-19(13-16-5-3-2-4-6-16)32-14-22(34)20-11-12-21(33-23(20)25(29,30)31)17-7-9-18(10-8-17)24(26,27)28/h2-12,19,22,32,34H,13-15H2,1H3/t19-,22-/m0/s1. The lowest BCUT2D eigenvalue weighted by Crippen LogP contribution is -2.38. The van der Waals surface area contributed by atoms with E-state index < -0.39 is 35.3 Å². The van der Waals surface area contributed by atoms with Crippen LogP contribution in [0.4, 0.5) is 26.3 Å². The number of aliphatic hydroxyl groups is 1. The lowest BCUT2D eigenvalue weighted by molar-refractivity contribution is -0.142. The molecule has 0 saturated carbocycles. The molecule has 4 nitrogen and oxygen atoms in total. The molecule has 2 N–H and O–H groups in total. The van der Waals surface area contributed by atoms with E-state index >= 15 is 0 Å². The van der Waals surface area contributed by atoms with Gasteiger partial charge >= 0.3 is 12.4 Å². The Hall–Kier alpha value is -2.95. The minimum atomic E-state index is -4.88. The van der Waals surface area contributed by atoms with Gasteiger partial charge < -0.3 is 15.2 Å². The molecule has 10 heteroatoms. The van der Waals surface area contributed by atoms with Gasteiger partial charge in [0.05, 0.1) is 24.0 Å². The van der Waals surface area contributed by atoms with Crippen molar-refractivity contribution in [2.75, 3.05) is 20.3 Å². The van der Waals surface area contributed by atoms with Gasteiger partial charge in [0.15, 0.2) is 5.69 Å². The number of nitrogens with zero attached hydrogens (tertiary/aromatic N) is 1. The maximum Gasteiger partial charge on any atom is 0.433 e. The van der Waals surface area contributed by atoms with E-state index in [0.717, 1.165) is 35.9 Å². The molecule has 2 aromatic carbocycles. The number of halogens is 6. The van der Waals surface area contributed by atoms with Crippen LogP contribution in [0.3, 0.4) is 0 Å². The molecule has 0 fully saturated rings. The Labute approximate surface area is 198 Å². The molecule has 3 rings (SSSR count). The molecule has 188 valence electrons. The zero-order valence-electron chi connectivity index (χ0n) is 18.7. The van der Waals surface area contributed by atoms with Crippen LogP contribution in [0.1, 0.15) is 28.5 Å². The maximum absolute atomic E-state index is 13.8. The van der Waals surface area contributed by atoms with Crippen LogP contribution in [-0.2, 0) is 23.5 Å². The monoisotopic (exact) mass is 498 g/mol. The smallest absolute Gasteiger partial charge is 0.387 e. The summed E-state index contributed by atoms with van der Waals surface area (Å²) in [6.45, 7) is 0.0874. The number of hydrogen-bond acceptors (Lipinski definition) is 4. The van der Waals surface area contributed by atoms with Gasteiger partial charge in [0.25, 0.3) is 0 Å². The van der Waals surface area contributed by atoms with E-state index in [4.69, 9.17) is 4.74 Å². The third-order valence-electron chi connectivity index (χ3n) is 5.35. The van der Waals surface area contributed by atoms with Crippen LogP contribution in [0, 0.1) is 0 Å². The summed E-state index contributed by atoms with van der Waals surface area (Å²) in [4.78, 5) is 3.64. The Morgan fingerprint density at radius 3 is 2.11 bits per heavy atom. The molecule has 0 spiro atoms. The highest BCUT2D eigenvalue weighted by Gasteiger charge is 2.37. The van der Waals surface area contributed by atoms with Gasteiger partial charge in [0.1, 0.15) is 0 Å². The van der Waals surface area contributed by atoms with Gasteiger partial charge in [-0.1, -0.05) is 48.5 Å². The van der Waals surface area contributed by atoms with E-state index in [0.29, 0.717) is 6.42 Å². The molecule has 35 heavy (non-hydrogen) atoms. The third kappa shape index (κ3) is 7.27. The average Bonchev–Trinajstić information content (AvgIpc) is 2.82. The molecule has 0 radical (unpaired) electrons. The van der Waals surface area contributed by atoms with Crippen molar-refractivity contribution < 1.29 is 36.2 Å². The van der Waals surface area contributed by atoms with E-state index in [1.165, 1.54) is 13.2 Å². The molecule has 2 atom stereocenters. The van der Waals surface area contributed by atoms with Crippen molar-refractivity contribution in [3.05, 3.63) is 89.1 Å². The molecule has 0 unspecified atom stereocenters. The predicted octanol–water partition coefficient (Wildman–Crippen LogP) is 5.67. The van der Waals surface area contributed by atoms with E-state index in [2.05, 4.69) is 10.3 Å². The fraction of sp³-hybridized carbons (Fsp3) is 0.320. The van der Waals surface area contributed by atoms with Crippen LogP contribution in [0.2, 0.25) is 0 Å². The fourth-order valence-electron chi connectivity index (χ4n) is 3.63. The number of rotatable bonds is 9. The SMILES string of the molecule is COC[C@H](Cc1ccccc1)NC[C@H](O)c1ccc(-c2ccc(C(F)(F)F)cc2)nc1C(F)(F)F. The van der Waals surface area contributed by atoms with Crippen molar-refractivity contribution in [3.8, 4) is 11.3 Å². The van der Waals surface area contributed by atoms with Gasteiger partial charge in [0.2, 0.25) is 0 Å². The van der Waals surface area contributed by atoms with Gasteiger partial charge in [0, 0.05) is 30.8 Å². The Morgan fingerprint density at radius 2 is 1.54 bits per heavy atom. The first-order chi connectivity index (χ1) is 16.5. The van der Waals surface area contributed by atoms with Gasteiger partial charge in [-0.25, -0.2) is 4.98 Å². The number of benzene rings is 2. The minimum Gasteiger partial charge on any atom is -0.387 e. The van der Waals surface area contributed by atoms with E-state index in [9.17, 15) is 31.4 Å². The number of ether oxygens (including phenoxy) is 1. The first-order valence-corrected chi connectivity index (χ1v) is 10.7. The fourth-order valence-corrected chi connectivity index (χ4v) is 3.63. The second kappa shape index (κ2) is 11.2. The quantitative estimate of drug-likeness (QED) is 0.374. The molecule has 0 amide bonds. The molecule has 0 aliphatic rings. The highest BCUT2D eigenvalue weighted by atomic mass is 19.4. The summed E-state index contributed by atoms with van der Waals surface area (Å²) in [5.74, 6) is 0. The van der Waals surface area contributed by atoms with E-state index in [1.54, 1.807) is 0 Å². The van der Waals surface area contributed by atoms with Gasteiger partial charge in [-0.2, -0.15) is 26.3 Å². The van der Waals surface area contributed by atoms with Crippen molar-refractivity contribution in [2.45, 2.75) is 30.9 Å². The highest BCUT2D eigenvalue weighted by molar-refractivity contribution is 5.60. The summed E-state index contributed by atoms with van der Waals surface area (Å²) in [6, 6.07) is 15.2. The van der Waals surface area contributed by atoms with E-state index in [-0.39, 0.29) is 30.5 Å². The summed E-state index contributed by atoms with van der Waals surface area (Å²) in [5.41, 5.74) is -1.72. The molecule has 0 saturated heterocycles. The molecular weight excluding hydrogens is 474 g/mol. The second-order valence-electron chi connectivity index (χ2n) is 7.97. The van der Waals surface area contributed by atoms with Crippen LogP contribution < -0.4 is 5.32 Å². The summed E-state index contributed by atoms with van der Waals surface area (Å²) < 4.78 is 84.8. The number of methoxy groups -OCH3 is 1. The van der Waals surface area contributed by atoms with Gasteiger partial charge in [-0.3, -0.25) is 0 Å². The maximum atomic E-state index is 13.8. The number of hydrogen-bond donors (Lipinski definition) is 2. The van der Waals surface area contributed by atoms with Crippen LogP contribution >= 0.6 is 0 Å². The summed E-state index contributed by atoms with van der Waals surface area (Å²) in [7, 11) is 1.50. The van der Waals surface area contributed by atoms with Gasteiger partial charge in [-0.05, 0) is 30.2 Å². The van der Waals surface area contributed by atoms with Crippen LogP contribution in [-0.4, -0.2) is 36.4 Å². The van der Waals surface area contributed by atoms with E-state index in [1.807, 2.05) is 30.3 Å². The second-order valence-corrected chi connectivity index (χ2v) is 7.97. The first kappa shape index (κ1) is 26.7. The molecule has 3 aromatic rings. The summed E-state index contributed by atoms with van der Waals surface area (Å²) in [5, 5.41) is 13.6. The summed E-state index contributed by atoms with van der Waals surface area (Å²) in [6.07, 6.45) is -10.4. The zero-order valence-corrected chi connectivity index (χ0v) is 18.7. The average molecular weight is 498 g/mol. The molecule has 1 heterocycles. The number of alkyl halides is 6. The van der Waals surface area contributed by atoms with Crippen molar-refractivity contribution in [1.29, 1.82) is 0 Å². The lowest BCUT2D eigenvalue weighted by atomic mass is 10.0. The van der Waals surface area contributed by atoms with Crippen LogP contribution in [0.15, 0.2) is 66.7 Å². The Morgan fingerprint density at radius 1 is 0.886 bits per heavy atom. The molecule has 1 aromatic heterocycles. The van der Waals surface area contributed by atoms with Crippen molar-refractivity contribution in [1.82, 2.24) is 10.3 Å². The van der Waals surface area contributed by atoms with Crippen molar-refractivity contribution >= 4 is 0 Å². The van der Waals surface area contributed by atoms with Crippen molar-refractivity contribution in [2.24, 2.45) is 0 Å².